The van der Waals surface area contributed by atoms with E-state index in [0.717, 1.165) is 0 Å². The number of carboxylic acid groups (broad SMARTS) is 1. The van der Waals surface area contributed by atoms with Crippen LogP contribution in [0.4, 0.5) is 23.7 Å². The highest BCUT2D eigenvalue weighted by molar-refractivity contribution is 5.93. The van der Waals surface area contributed by atoms with Crippen LogP contribution in [0, 0.1) is 6.92 Å². The third-order valence-electron chi connectivity index (χ3n) is 2.66. The van der Waals surface area contributed by atoms with E-state index >= 15 is 0 Å². The molecule has 116 valence electrons. The molecule has 0 saturated heterocycles. The number of carbonyl (C=O) groups excluding carboxylic acids is 1. The summed E-state index contributed by atoms with van der Waals surface area (Å²) in [5, 5.41) is 13.5. The number of aromatic carboxylic acids is 1. The zero-order chi connectivity index (χ0) is 16.0. The van der Waals surface area contributed by atoms with E-state index in [1.165, 1.54) is 18.2 Å². The van der Waals surface area contributed by atoms with Crippen LogP contribution in [0.15, 0.2) is 18.2 Å². The maximum Gasteiger partial charge on any atom is 0.389 e. The summed E-state index contributed by atoms with van der Waals surface area (Å²) >= 11 is 0. The van der Waals surface area contributed by atoms with Gasteiger partial charge in [0.15, 0.2) is 0 Å². The molecule has 0 fully saturated rings. The van der Waals surface area contributed by atoms with E-state index in [1.807, 2.05) is 0 Å². The molecular formula is C13H15F3N2O3. The van der Waals surface area contributed by atoms with Crippen LogP contribution < -0.4 is 10.6 Å². The largest absolute Gasteiger partial charge is 0.478 e. The van der Waals surface area contributed by atoms with Crippen molar-refractivity contribution >= 4 is 17.7 Å². The summed E-state index contributed by atoms with van der Waals surface area (Å²) < 4.78 is 35.7. The Morgan fingerprint density at radius 3 is 2.52 bits per heavy atom. The van der Waals surface area contributed by atoms with Crippen molar-refractivity contribution in [3.05, 3.63) is 29.3 Å². The molecule has 0 aliphatic heterocycles. The van der Waals surface area contributed by atoms with Crippen molar-refractivity contribution in [2.45, 2.75) is 25.9 Å². The van der Waals surface area contributed by atoms with E-state index in [4.69, 9.17) is 5.11 Å². The van der Waals surface area contributed by atoms with Gasteiger partial charge < -0.3 is 15.7 Å². The maximum absolute atomic E-state index is 11.9. The number of urea groups is 1. The van der Waals surface area contributed by atoms with Crippen LogP contribution in [0.1, 0.15) is 28.8 Å². The first-order chi connectivity index (χ1) is 9.69. The van der Waals surface area contributed by atoms with E-state index in [1.54, 1.807) is 6.92 Å². The Morgan fingerprint density at radius 2 is 1.95 bits per heavy atom. The lowest BCUT2D eigenvalue weighted by atomic mass is 10.1. The zero-order valence-electron chi connectivity index (χ0n) is 11.3. The normalized spacial score (nSPS) is 11.0. The Morgan fingerprint density at radius 1 is 1.29 bits per heavy atom. The number of hydrogen-bond acceptors (Lipinski definition) is 2. The molecule has 0 bridgehead atoms. The first kappa shape index (κ1) is 16.8. The van der Waals surface area contributed by atoms with Gasteiger partial charge in [0, 0.05) is 18.7 Å². The van der Waals surface area contributed by atoms with Gasteiger partial charge in [-0.25, -0.2) is 9.59 Å². The molecule has 3 N–H and O–H groups in total. The van der Waals surface area contributed by atoms with Gasteiger partial charge in [0.25, 0.3) is 0 Å². The van der Waals surface area contributed by atoms with Gasteiger partial charge in [0.05, 0.1) is 5.56 Å². The Kier molecular flexibility index (Phi) is 5.57. The molecule has 5 nitrogen and oxygen atoms in total. The molecule has 0 atom stereocenters. The molecule has 1 rings (SSSR count). The van der Waals surface area contributed by atoms with Crippen molar-refractivity contribution < 1.29 is 27.9 Å². The number of rotatable bonds is 5. The zero-order valence-corrected chi connectivity index (χ0v) is 11.3. The fraction of sp³-hybridized carbons (Fsp3) is 0.385. The third-order valence-corrected chi connectivity index (χ3v) is 2.66. The number of carboxylic acids is 1. The highest BCUT2D eigenvalue weighted by Gasteiger charge is 2.25. The van der Waals surface area contributed by atoms with Crippen molar-refractivity contribution in [2.75, 3.05) is 11.9 Å². The summed E-state index contributed by atoms with van der Waals surface area (Å²) in [5.74, 6) is -1.14. The van der Waals surface area contributed by atoms with Crippen LogP contribution in [-0.2, 0) is 0 Å². The second kappa shape index (κ2) is 6.96. The van der Waals surface area contributed by atoms with Crippen molar-refractivity contribution in [3.63, 3.8) is 0 Å². The van der Waals surface area contributed by atoms with Gasteiger partial charge in [-0.2, -0.15) is 13.2 Å². The minimum absolute atomic E-state index is 0.00738. The Bertz CT molecular complexity index is 530. The standard InChI is InChI=1S/C13H15F3N2O3/c1-8-3-4-9(11(19)20)7-10(8)18-12(21)17-6-2-5-13(14,15)16/h3-4,7H,2,5-6H2,1H3,(H,19,20)(H2,17,18,21). The number of benzene rings is 1. The summed E-state index contributed by atoms with van der Waals surface area (Å²) in [6.45, 7) is 1.55. The molecule has 1 aromatic rings. The number of hydrogen-bond donors (Lipinski definition) is 3. The number of alkyl halides is 3. The number of halogens is 3. The first-order valence-electron chi connectivity index (χ1n) is 6.14. The molecule has 8 heteroatoms. The second-order valence-corrected chi connectivity index (χ2v) is 4.43. The van der Waals surface area contributed by atoms with E-state index in [-0.39, 0.29) is 18.5 Å². The van der Waals surface area contributed by atoms with Crippen LogP contribution in [0.5, 0.6) is 0 Å². The van der Waals surface area contributed by atoms with Crippen molar-refractivity contribution in [2.24, 2.45) is 0 Å². The molecule has 0 heterocycles. The number of carbonyl (C=O) groups is 2. The Balaban J connectivity index is 2.51. The highest BCUT2D eigenvalue weighted by Crippen LogP contribution is 2.20. The lowest BCUT2D eigenvalue weighted by molar-refractivity contribution is -0.135. The average molecular weight is 304 g/mol. The smallest absolute Gasteiger partial charge is 0.389 e. The van der Waals surface area contributed by atoms with E-state index in [0.29, 0.717) is 11.3 Å². The monoisotopic (exact) mass is 304 g/mol. The molecule has 0 aliphatic carbocycles. The molecule has 0 aliphatic rings. The summed E-state index contributed by atoms with van der Waals surface area (Å²) in [6, 6.07) is 3.53. The highest BCUT2D eigenvalue weighted by atomic mass is 19.4. The SMILES string of the molecule is Cc1ccc(C(=O)O)cc1NC(=O)NCCCC(F)(F)F. The third kappa shape index (κ3) is 6.15. The molecule has 0 spiro atoms. The number of aryl methyl sites for hydroxylation is 1. The summed E-state index contributed by atoms with van der Waals surface area (Å²) in [4.78, 5) is 22.3. The number of amides is 2. The number of nitrogens with one attached hydrogen (secondary N) is 2. The Hall–Kier alpha value is -2.25. The fourth-order valence-corrected chi connectivity index (χ4v) is 1.55. The Labute approximate surface area is 119 Å². The molecule has 0 radical (unpaired) electrons. The number of anilines is 1. The lowest BCUT2D eigenvalue weighted by Gasteiger charge is -2.11. The molecular weight excluding hydrogens is 289 g/mol. The van der Waals surface area contributed by atoms with E-state index in [9.17, 15) is 22.8 Å². The van der Waals surface area contributed by atoms with Crippen LogP contribution in [0.3, 0.4) is 0 Å². The second-order valence-electron chi connectivity index (χ2n) is 4.43. The summed E-state index contributed by atoms with van der Waals surface area (Å²) in [6.07, 6.45) is -5.43. The van der Waals surface area contributed by atoms with Gasteiger partial charge in [-0.1, -0.05) is 6.07 Å². The summed E-state index contributed by atoms with van der Waals surface area (Å²) in [7, 11) is 0. The van der Waals surface area contributed by atoms with Gasteiger partial charge in [0.1, 0.15) is 0 Å². The van der Waals surface area contributed by atoms with Crippen LogP contribution in [-0.4, -0.2) is 29.8 Å². The quantitative estimate of drug-likeness (QED) is 0.731. The molecule has 0 aromatic heterocycles. The minimum Gasteiger partial charge on any atom is -0.478 e. The van der Waals surface area contributed by atoms with Crippen molar-refractivity contribution in [1.29, 1.82) is 0 Å². The molecule has 1 aromatic carbocycles. The van der Waals surface area contributed by atoms with Crippen LogP contribution in [0.25, 0.3) is 0 Å². The van der Waals surface area contributed by atoms with Gasteiger partial charge in [-0.15, -0.1) is 0 Å². The van der Waals surface area contributed by atoms with Gasteiger partial charge in [-0.05, 0) is 31.0 Å². The minimum atomic E-state index is -4.25. The lowest BCUT2D eigenvalue weighted by Crippen LogP contribution is -2.30. The van der Waals surface area contributed by atoms with Gasteiger partial charge in [0.2, 0.25) is 0 Å². The van der Waals surface area contributed by atoms with Crippen LogP contribution >= 0.6 is 0 Å². The average Bonchev–Trinajstić information content (AvgIpc) is 2.36. The molecule has 2 amide bonds. The maximum atomic E-state index is 11.9. The molecule has 21 heavy (non-hydrogen) atoms. The van der Waals surface area contributed by atoms with E-state index in [2.05, 4.69) is 10.6 Å². The van der Waals surface area contributed by atoms with Crippen molar-refractivity contribution in [1.82, 2.24) is 5.32 Å². The van der Waals surface area contributed by atoms with Gasteiger partial charge >= 0.3 is 18.2 Å². The van der Waals surface area contributed by atoms with Gasteiger partial charge in [-0.3, -0.25) is 0 Å². The van der Waals surface area contributed by atoms with E-state index < -0.39 is 24.6 Å². The molecule has 0 saturated carbocycles. The predicted molar refractivity (Wildman–Crippen MR) is 70.4 cm³/mol. The first-order valence-corrected chi connectivity index (χ1v) is 6.14. The molecule has 0 unspecified atom stereocenters. The van der Waals surface area contributed by atoms with Crippen molar-refractivity contribution in [3.8, 4) is 0 Å². The summed E-state index contributed by atoms with van der Waals surface area (Å²) in [5.41, 5.74) is 0.946. The fourth-order valence-electron chi connectivity index (χ4n) is 1.55. The van der Waals surface area contributed by atoms with Crippen LogP contribution in [0.2, 0.25) is 0 Å². The topological polar surface area (TPSA) is 78.4 Å². The predicted octanol–water partition coefficient (Wildman–Crippen LogP) is 3.16.